The zero-order chi connectivity index (χ0) is 8.10. The summed E-state index contributed by atoms with van der Waals surface area (Å²) in [6, 6.07) is 0. The lowest BCUT2D eigenvalue weighted by Gasteiger charge is -2.27. The predicted molar refractivity (Wildman–Crippen MR) is 48.4 cm³/mol. The summed E-state index contributed by atoms with van der Waals surface area (Å²) in [5, 5.41) is 3.24. The van der Waals surface area contributed by atoms with Crippen LogP contribution in [0.2, 0.25) is 0 Å². The summed E-state index contributed by atoms with van der Waals surface area (Å²) < 4.78 is 0. The van der Waals surface area contributed by atoms with Gasteiger partial charge in [-0.3, -0.25) is 0 Å². The van der Waals surface area contributed by atoms with Crippen LogP contribution in [0, 0.1) is 11.8 Å². The Bertz CT molecular complexity index is 95.7. The largest absolute Gasteiger partial charge is 0.330 e. The Labute approximate surface area is 69.5 Å². The Morgan fingerprint density at radius 3 is 2.18 bits per heavy atom. The third-order valence-electron chi connectivity index (χ3n) is 2.79. The van der Waals surface area contributed by atoms with Gasteiger partial charge in [0.05, 0.1) is 0 Å². The Hall–Kier alpha value is -0.0800. The second-order valence-corrected chi connectivity index (χ2v) is 3.68. The van der Waals surface area contributed by atoms with Crippen LogP contribution in [-0.4, -0.2) is 20.1 Å². The van der Waals surface area contributed by atoms with E-state index in [0.29, 0.717) is 0 Å². The molecule has 0 aliphatic heterocycles. The number of nitrogens with one attached hydrogen (secondary N) is 1. The molecule has 0 aromatic heterocycles. The van der Waals surface area contributed by atoms with Crippen LogP contribution in [-0.2, 0) is 0 Å². The van der Waals surface area contributed by atoms with E-state index in [1.807, 2.05) is 7.05 Å². The van der Waals surface area contributed by atoms with Gasteiger partial charge in [0, 0.05) is 0 Å². The highest BCUT2D eigenvalue weighted by molar-refractivity contribution is 4.73. The summed E-state index contributed by atoms with van der Waals surface area (Å²) in [4.78, 5) is 0. The number of hydrogen-bond donors (Lipinski definition) is 2. The molecule has 2 heteroatoms. The lowest BCUT2D eigenvalue weighted by molar-refractivity contribution is 0.276. The molecule has 0 saturated heterocycles. The fraction of sp³-hybridized carbons (Fsp3) is 1.00. The van der Waals surface area contributed by atoms with E-state index in [1.54, 1.807) is 0 Å². The van der Waals surface area contributed by atoms with E-state index >= 15 is 0 Å². The predicted octanol–water partition coefficient (Wildman–Crippen LogP) is 0.971. The van der Waals surface area contributed by atoms with Crippen LogP contribution in [0.5, 0.6) is 0 Å². The van der Waals surface area contributed by atoms with Crippen LogP contribution in [0.1, 0.15) is 25.7 Å². The maximum Gasteiger partial charge on any atom is -0.00235 e. The van der Waals surface area contributed by atoms with E-state index in [4.69, 9.17) is 5.73 Å². The number of hydrogen-bond acceptors (Lipinski definition) is 2. The van der Waals surface area contributed by atoms with Crippen LogP contribution in [0.15, 0.2) is 0 Å². The molecular formula is C9H20N2. The second-order valence-electron chi connectivity index (χ2n) is 3.68. The van der Waals surface area contributed by atoms with Gasteiger partial charge in [0.15, 0.2) is 0 Å². The summed E-state index contributed by atoms with van der Waals surface area (Å²) >= 11 is 0. The highest BCUT2D eigenvalue weighted by atomic mass is 14.8. The zero-order valence-corrected chi connectivity index (χ0v) is 7.47. The summed E-state index contributed by atoms with van der Waals surface area (Å²) in [5.41, 5.74) is 5.61. The van der Waals surface area contributed by atoms with Crippen molar-refractivity contribution in [3.63, 3.8) is 0 Å². The van der Waals surface area contributed by atoms with Gasteiger partial charge in [-0.1, -0.05) is 0 Å². The second kappa shape index (κ2) is 4.73. The molecule has 1 rings (SSSR count). The molecule has 1 aliphatic rings. The summed E-state index contributed by atoms with van der Waals surface area (Å²) in [5.74, 6) is 1.74. The molecule has 2 nitrogen and oxygen atoms in total. The lowest BCUT2D eigenvalue weighted by atomic mass is 9.82. The molecule has 1 fully saturated rings. The quantitative estimate of drug-likeness (QED) is 0.639. The summed E-state index contributed by atoms with van der Waals surface area (Å²) in [7, 11) is 2.04. The maximum atomic E-state index is 5.61. The molecule has 0 radical (unpaired) electrons. The highest BCUT2D eigenvalue weighted by Gasteiger charge is 2.18. The van der Waals surface area contributed by atoms with Crippen LogP contribution in [0.3, 0.4) is 0 Å². The topological polar surface area (TPSA) is 38.0 Å². The molecule has 0 amide bonds. The zero-order valence-electron chi connectivity index (χ0n) is 7.47. The van der Waals surface area contributed by atoms with E-state index in [9.17, 15) is 0 Å². The first-order valence-electron chi connectivity index (χ1n) is 4.71. The van der Waals surface area contributed by atoms with Crippen LogP contribution >= 0.6 is 0 Å². The monoisotopic (exact) mass is 156 g/mol. The van der Waals surface area contributed by atoms with Crippen molar-refractivity contribution in [2.45, 2.75) is 25.7 Å². The Kier molecular flexibility index (Phi) is 3.87. The molecule has 0 atom stereocenters. The smallest absolute Gasteiger partial charge is 0.00235 e. The third kappa shape index (κ3) is 2.80. The normalized spacial score (nSPS) is 32.2. The molecular weight excluding hydrogens is 136 g/mol. The lowest BCUT2D eigenvalue weighted by Crippen LogP contribution is -2.26. The van der Waals surface area contributed by atoms with Gasteiger partial charge < -0.3 is 11.1 Å². The van der Waals surface area contributed by atoms with Gasteiger partial charge in [-0.05, 0) is 57.7 Å². The van der Waals surface area contributed by atoms with Gasteiger partial charge in [0.2, 0.25) is 0 Å². The van der Waals surface area contributed by atoms with Crippen molar-refractivity contribution in [2.75, 3.05) is 20.1 Å². The highest BCUT2D eigenvalue weighted by Crippen LogP contribution is 2.27. The molecule has 0 aromatic rings. The molecule has 0 bridgehead atoms. The minimum Gasteiger partial charge on any atom is -0.330 e. The molecule has 11 heavy (non-hydrogen) atoms. The molecule has 1 saturated carbocycles. The average molecular weight is 156 g/mol. The van der Waals surface area contributed by atoms with E-state index < -0.39 is 0 Å². The van der Waals surface area contributed by atoms with Gasteiger partial charge in [-0.25, -0.2) is 0 Å². The Morgan fingerprint density at radius 1 is 1.18 bits per heavy atom. The van der Waals surface area contributed by atoms with Gasteiger partial charge in [0.25, 0.3) is 0 Å². The van der Waals surface area contributed by atoms with Crippen molar-refractivity contribution >= 4 is 0 Å². The third-order valence-corrected chi connectivity index (χ3v) is 2.79. The van der Waals surface area contributed by atoms with Crippen molar-refractivity contribution in [1.29, 1.82) is 0 Å². The van der Waals surface area contributed by atoms with Gasteiger partial charge in [0.1, 0.15) is 0 Å². The fourth-order valence-corrected chi connectivity index (χ4v) is 1.96. The van der Waals surface area contributed by atoms with Crippen LogP contribution in [0.25, 0.3) is 0 Å². The van der Waals surface area contributed by atoms with Crippen molar-refractivity contribution in [3.8, 4) is 0 Å². The van der Waals surface area contributed by atoms with Crippen molar-refractivity contribution in [3.05, 3.63) is 0 Å². The molecule has 0 heterocycles. The van der Waals surface area contributed by atoms with E-state index in [-0.39, 0.29) is 0 Å². The first-order valence-corrected chi connectivity index (χ1v) is 4.71. The van der Waals surface area contributed by atoms with Crippen LogP contribution < -0.4 is 11.1 Å². The standard InChI is InChI=1S/C9H20N2/c1-11-7-9-4-2-8(6-10)3-5-9/h8-9,11H,2-7,10H2,1H3. The first kappa shape index (κ1) is 9.01. The minimum atomic E-state index is 0.822. The fourth-order valence-electron chi connectivity index (χ4n) is 1.96. The summed E-state index contributed by atoms with van der Waals surface area (Å²) in [6.45, 7) is 2.09. The first-order chi connectivity index (χ1) is 5.36. The van der Waals surface area contributed by atoms with Crippen molar-refractivity contribution in [2.24, 2.45) is 17.6 Å². The molecule has 0 spiro atoms. The molecule has 66 valence electrons. The van der Waals surface area contributed by atoms with Crippen LogP contribution in [0.4, 0.5) is 0 Å². The average Bonchev–Trinajstić information content (AvgIpc) is 2.07. The molecule has 3 N–H and O–H groups in total. The number of rotatable bonds is 3. The van der Waals surface area contributed by atoms with E-state index in [2.05, 4.69) is 5.32 Å². The minimum absolute atomic E-state index is 0.822. The molecule has 0 unspecified atom stereocenters. The Morgan fingerprint density at radius 2 is 1.73 bits per heavy atom. The summed E-state index contributed by atoms with van der Waals surface area (Å²) in [6.07, 6.45) is 5.46. The number of nitrogens with two attached hydrogens (primary N) is 1. The maximum absolute atomic E-state index is 5.61. The van der Waals surface area contributed by atoms with Gasteiger partial charge in [-0.2, -0.15) is 0 Å². The Balaban J connectivity index is 2.14. The van der Waals surface area contributed by atoms with Gasteiger partial charge >= 0.3 is 0 Å². The molecule has 1 aliphatic carbocycles. The van der Waals surface area contributed by atoms with E-state index in [1.165, 1.54) is 32.2 Å². The van der Waals surface area contributed by atoms with Crippen molar-refractivity contribution < 1.29 is 0 Å². The molecule has 0 aromatic carbocycles. The van der Waals surface area contributed by atoms with Gasteiger partial charge in [-0.15, -0.1) is 0 Å². The van der Waals surface area contributed by atoms with Crippen molar-refractivity contribution in [1.82, 2.24) is 5.32 Å². The SMILES string of the molecule is CNCC1CCC(CN)CC1. The van der Waals surface area contributed by atoms with E-state index in [0.717, 1.165) is 18.4 Å².